The summed E-state index contributed by atoms with van der Waals surface area (Å²) in [5.74, 6) is 2.19. The number of carbonyl (C=O) groups is 1. The van der Waals surface area contributed by atoms with Crippen molar-refractivity contribution in [2.75, 3.05) is 31.9 Å². The first-order chi connectivity index (χ1) is 7.57. The minimum Gasteiger partial charge on any atom is -0.339 e. The molecule has 0 aromatic heterocycles. The summed E-state index contributed by atoms with van der Waals surface area (Å²) in [6.45, 7) is 7.79. The number of hydrogen-bond donors (Lipinski definition) is 1. The van der Waals surface area contributed by atoms with E-state index in [4.69, 9.17) is 0 Å². The van der Waals surface area contributed by atoms with Gasteiger partial charge in [0.1, 0.15) is 0 Å². The predicted molar refractivity (Wildman–Crippen MR) is 68.7 cm³/mol. The number of nitrogens with zero attached hydrogens (tertiary/aromatic N) is 1. The second-order valence-corrected chi connectivity index (χ2v) is 7.30. The summed E-state index contributed by atoms with van der Waals surface area (Å²) in [5, 5.41) is 3.27. The summed E-state index contributed by atoms with van der Waals surface area (Å²) >= 11 is 1.97. The maximum atomic E-state index is 11.9. The third kappa shape index (κ3) is 3.67. The molecule has 1 N–H and O–H groups in total. The summed E-state index contributed by atoms with van der Waals surface area (Å²) in [6.07, 6.45) is 2.68. The van der Waals surface area contributed by atoms with E-state index in [2.05, 4.69) is 19.2 Å². The van der Waals surface area contributed by atoms with Gasteiger partial charge in [-0.25, -0.2) is 0 Å². The van der Waals surface area contributed by atoms with Crippen molar-refractivity contribution in [3.05, 3.63) is 0 Å². The topological polar surface area (TPSA) is 32.3 Å². The smallest absolute Gasteiger partial charge is 0.236 e. The molecule has 4 heteroatoms. The lowest BCUT2D eigenvalue weighted by Crippen LogP contribution is -2.49. The first kappa shape index (κ1) is 12.2. The van der Waals surface area contributed by atoms with Gasteiger partial charge in [0.2, 0.25) is 5.91 Å². The van der Waals surface area contributed by atoms with Gasteiger partial charge in [-0.05, 0) is 39.2 Å². The molecule has 92 valence electrons. The Labute approximate surface area is 102 Å². The van der Waals surface area contributed by atoms with Crippen LogP contribution in [0, 0.1) is 5.92 Å². The van der Waals surface area contributed by atoms with Crippen molar-refractivity contribution >= 4 is 17.7 Å². The van der Waals surface area contributed by atoms with Crippen molar-refractivity contribution in [1.29, 1.82) is 0 Å². The zero-order chi connectivity index (χ0) is 11.6. The Hall–Kier alpha value is -0.220. The van der Waals surface area contributed by atoms with Crippen LogP contribution in [0.15, 0.2) is 0 Å². The van der Waals surface area contributed by atoms with Crippen LogP contribution in [0.5, 0.6) is 0 Å². The van der Waals surface area contributed by atoms with E-state index in [0.717, 1.165) is 31.3 Å². The van der Waals surface area contributed by atoms with Gasteiger partial charge in [-0.15, -0.1) is 0 Å². The molecule has 2 fully saturated rings. The van der Waals surface area contributed by atoms with Gasteiger partial charge >= 0.3 is 0 Å². The van der Waals surface area contributed by atoms with Gasteiger partial charge in [0, 0.05) is 23.6 Å². The van der Waals surface area contributed by atoms with E-state index < -0.39 is 0 Å². The molecular formula is C12H22N2OS. The number of thioether (sulfide) groups is 1. The molecule has 1 aliphatic heterocycles. The number of carbonyl (C=O) groups excluding carboxylic acids is 1. The predicted octanol–water partition coefficient (Wildman–Crippen LogP) is 1.34. The molecule has 1 heterocycles. The molecule has 1 saturated carbocycles. The van der Waals surface area contributed by atoms with Gasteiger partial charge in [0.05, 0.1) is 6.54 Å². The lowest BCUT2D eigenvalue weighted by Gasteiger charge is -2.37. The average molecular weight is 242 g/mol. The molecule has 1 saturated heterocycles. The van der Waals surface area contributed by atoms with Crippen LogP contribution in [-0.2, 0) is 4.79 Å². The van der Waals surface area contributed by atoms with Crippen LogP contribution < -0.4 is 5.32 Å². The van der Waals surface area contributed by atoms with Crippen molar-refractivity contribution in [3.63, 3.8) is 0 Å². The molecule has 0 aromatic rings. The molecular weight excluding hydrogens is 220 g/mol. The fourth-order valence-electron chi connectivity index (χ4n) is 2.05. The first-order valence-corrected chi connectivity index (χ1v) is 7.18. The molecule has 2 aliphatic rings. The van der Waals surface area contributed by atoms with E-state index in [1.807, 2.05) is 16.7 Å². The highest BCUT2D eigenvalue weighted by molar-refractivity contribution is 8.00. The van der Waals surface area contributed by atoms with Gasteiger partial charge < -0.3 is 10.2 Å². The quantitative estimate of drug-likeness (QED) is 0.807. The second-order valence-electron chi connectivity index (χ2n) is 5.50. The normalized spacial score (nSPS) is 24.5. The Morgan fingerprint density at radius 3 is 2.88 bits per heavy atom. The van der Waals surface area contributed by atoms with Gasteiger partial charge in [-0.1, -0.05) is 0 Å². The van der Waals surface area contributed by atoms with Crippen LogP contribution in [0.3, 0.4) is 0 Å². The molecule has 0 atom stereocenters. The molecule has 0 radical (unpaired) electrons. The van der Waals surface area contributed by atoms with E-state index in [-0.39, 0.29) is 10.7 Å². The van der Waals surface area contributed by atoms with Crippen molar-refractivity contribution in [1.82, 2.24) is 10.2 Å². The van der Waals surface area contributed by atoms with Crippen molar-refractivity contribution in [2.45, 2.75) is 31.4 Å². The number of hydrogen-bond acceptors (Lipinski definition) is 3. The van der Waals surface area contributed by atoms with E-state index >= 15 is 0 Å². The number of rotatable bonds is 4. The summed E-state index contributed by atoms with van der Waals surface area (Å²) in [4.78, 5) is 14.0. The Balaban J connectivity index is 1.70. The van der Waals surface area contributed by atoms with Gasteiger partial charge in [-0.3, -0.25) is 4.79 Å². The third-order valence-electron chi connectivity index (χ3n) is 3.18. The fraction of sp³-hybridized carbons (Fsp3) is 0.917. The molecule has 0 unspecified atom stereocenters. The summed E-state index contributed by atoms with van der Waals surface area (Å²) in [7, 11) is 0. The highest BCUT2D eigenvalue weighted by Gasteiger charge is 2.29. The summed E-state index contributed by atoms with van der Waals surface area (Å²) in [5.41, 5.74) is 0. The Kier molecular flexibility index (Phi) is 3.80. The Morgan fingerprint density at radius 2 is 2.25 bits per heavy atom. The van der Waals surface area contributed by atoms with Gasteiger partial charge in [0.15, 0.2) is 0 Å². The van der Waals surface area contributed by atoms with E-state index in [0.29, 0.717) is 6.54 Å². The minimum atomic E-state index is 0.227. The lowest BCUT2D eigenvalue weighted by atomic mass is 10.2. The highest BCUT2D eigenvalue weighted by Crippen LogP contribution is 2.29. The summed E-state index contributed by atoms with van der Waals surface area (Å²) in [6, 6.07) is 0. The van der Waals surface area contributed by atoms with Crippen LogP contribution in [0.4, 0.5) is 0 Å². The largest absolute Gasteiger partial charge is 0.339 e. The highest BCUT2D eigenvalue weighted by atomic mass is 32.2. The first-order valence-electron chi connectivity index (χ1n) is 6.19. The molecule has 16 heavy (non-hydrogen) atoms. The van der Waals surface area contributed by atoms with Crippen molar-refractivity contribution in [2.24, 2.45) is 5.92 Å². The van der Waals surface area contributed by atoms with Crippen LogP contribution in [0.25, 0.3) is 0 Å². The van der Waals surface area contributed by atoms with E-state index in [1.165, 1.54) is 12.8 Å². The third-order valence-corrected chi connectivity index (χ3v) is 4.48. The monoisotopic (exact) mass is 242 g/mol. The molecule has 0 aromatic carbocycles. The maximum Gasteiger partial charge on any atom is 0.236 e. The fourth-order valence-corrected chi connectivity index (χ4v) is 3.16. The van der Waals surface area contributed by atoms with Crippen LogP contribution in [-0.4, -0.2) is 47.5 Å². The standard InChI is InChI=1S/C12H22N2OS/c1-12(2)9-14(5-6-16-12)11(15)8-13-7-10-3-4-10/h10,13H,3-9H2,1-2H3. The Bertz CT molecular complexity index is 264. The molecule has 0 bridgehead atoms. The zero-order valence-electron chi connectivity index (χ0n) is 10.3. The Morgan fingerprint density at radius 1 is 1.50 bits per heavy atom. The molecule has 1 amide bonds. The molecule has 0 spiro atoms. The molecule has 1 aliphatic carbocycles. The minimum absolute atomic E-state index is 0.227. The van der Waals surface area contributed by atoms with Gasteiger partial charge in [-0.2, -0.15) is 11.8 Å². The van der Waals surface area contributed by atoms with Crippen molar-refractivity contribution < 1.29 is 4.79 Å². The zero-order valence-corrected chi connectivity index (χ0v) is 11.1. The summed E-state index contributed by atoms with van der Waals surface area (Å²) < 4.78 is 0.227. The maximum absolute atomic E-state index is 11.9. The molecule has 2 rings (SSSR count). The van der Waals surface area contributed by atoms with Crippen LogP contribution in [0.2, 0.25) is 0 Å². The number of nitrogens with one attached hydrogen (secondary N) is 1. The van der Waals surface area contributed by atoms with Crippen LogP contribution >= 0.6 is 11.8 Å². The van der Waals surface area contributed by atoms with E-state index in [1.54, 1.807) is 0 Å². The van der Waals surface area contributed by atoms with Gasteiger partial charge in [0.25, 0.3) is 0 Å². The molecule has 3 nitrogen and oxygen atoms in total. The lowest BCUT2D eigenvalue weighted by molar-refractivity contribution is -0.130. The number of amides is 1. The van der Waals surface area contributed by atoms with Crippen LogP contribution in [0.1, 0.15) is 26.7 Å². The average Bonchev–Trinajstić information content (AvgIpc) is 3.00. The van der Waals surface area contributed by atoms with Crippen molar-refractivity contribution in [3.8, 4) is 0 Å². The SMILES string of the molecule is CC1(C)CN(C(=O)CNCC2CC2)CCS1. The second kappa shape index (κ2) is 4.96. The van der Waals surface area contributed by atoms with E-state index in [9.17, 15) is 4.79 Å².